The molecule has 0 aliphatic heterocycles. The van der Waals surface area contributed by atoms with Gasteiger partial charge in [0.15, 0.2) is 5.82 Å². The molecule has 0 spiro atoms. The molecule has 1 aliphatic carbocycles. The minimum atomic E-state index is -4.74. The first-order valence-electron chi connectivity index (χ1n) is 11.7. The van der Waals surface area contributed by atoms with Crippen molar-refractivity contribution in [2.75, 3.05) is 6.61 Å². The van der Waals surface area contributed by atoms with Gasteiger partial charge in [0.2, 0.25) is 0 Å². The van der Waals surface area contributed by atoms with Crippen LogP contribution in [0.5, 0.6) is 11.5 Å². The molecule has 7 nitrogen and oxygen atoms in total. The van der Waals surface area contributed by atoms with E-state index in [0.717, 1.165) is 11.3 Å². The van der Waals surface area contributed by atoms with Gasteiger partial charge in [-0.3, -0.25) is 0 Å². The van der Waals surface area contributed by atoms with E-state index in [1.165, 1.54) is 12.1 Å². The second-order valence-corrected chi connectivity index (χ2v) is 8.76. The van der Waals surface area contributed by atoms with Crippen LogP contribution < -0.4 is 14.8 Å². The van der Waals surface area contributed by atoms with Gasteiger partial charge < -0.3 is 25.0 Å². The van der Waals surface area contributed by atoms with Crippen molar-refractivity contribution in [2.24, 2.45) is 11.8 Å². The van der Waals surface area contributed by atoms with Crippen LogP contribution >= 0.6 is 0 Å². The SMILES string of the molecule is OCC1C(O)CC(NCc2ccc(OC(F)(F)F)cc2)C1Cc1ccnc(COc2ccccc2)n1. The van der Waals surface area contributed by atoms with Crippen LogP contribution in [0.15, 0.2) is 66.9 Å². The second kappa shape index (κ2) is 11.7. The average molecular weight is 504 g/mol. The first kappa shape index (κ1) is 25.9. The summed E-state index contributed by atoms with van der Waals surface area (Å²) in [6, 6.07) is 16.7. The highest BCUT2D eigenvalue weighted by molar-refractivity contribution is 5.27. The lowest BCUT2D eigenvalue weighted by molar-refractivity contribution is -0.274. The fourth-order valence-corrected chi connectivity index (χ4v) is 4.57. The van der Waals surface area contributed by atoms with E-state index in [9.17, 15) is 23.4 Å². The highest BCUT2D eigenvalue weighted by atomic mass is 19.4. The van der Waals surface area contributed by atoms with Crippen molar-refractivity contribution in [3.63, 3.8) is 0 Å². The largest absolute Gasteiger partial charge is 0.573 e. The van der Waals surface area contributed by atoms with E-state index in [0.29, 0.717) is 31.0 Å². The van der Waals surface area contributed by atoms with E-state index in [2.05, 4.69) is 20.0 Å². The molecule has 2 aromatic carbocycles. The van der Waals surface area contributed by atoms with E-state index in [1.807, 2.05) is 36.4 Å². The fourth-order valence-electron chi connectivity index (χ4n) is 4.57. The van der Waals surface area contributed by atoms with Crippen molar-refractivity contribution in [1.82, 2.24) is 15.3 Å². The Morgan fingerprint density at radius 3 is 2.42 bits per heavy atom. The minimum absolute atomic E-state index is 0.101. The molecule has 4 atom stereocenters. The molecule has 192 valence electrons. The maximum absolute atomic E-state index is 12.4. The molecule has 1 aromatic heterocycles. The average Bonchev–Trinajstić information content (AvgIpc) is 3.16. The molecular weight excluding hydrogens is 475 g/mol. The Morgan fingerprint density at radius 1 is 0.972 bits per heavy atom. The standard InChI is InChI=1S/C26H28F3N3O4/c27-26(28,29)36-20-8-6-17(7-9-20)14-31-23-13-24(34)22(15-33)21(23)12-18-10-11-30-25(32-18)16-35-19-4-2-1-3-5-19/h1-11,21-24,31,33-34H,12-16H2. The number of aliphatic hydroxyl groups excluding tert-OH is 2. The van der Waals surface area contributed by atoms with Gasteiger partial charge in [-0.2, -0.15) is 0 Å². The van der Waals surface area contributed by atoms with Gasteiger partial charge in [-0.15, -0.1) is 13.2 Å². The summed E-state index contributed by atoms with van der Waals surface area (Å²) in [5.74, 6) is 0.533. The highest BCUT2D eigenvalue weighted by Crippen LogP contribution is 2.35. The number of alkyl halides is 3. The van der Waals surface area contributed by atoms with Crippen LogP contribution in [-0.4, -0.2) is 45.3 Å². The summed E-state index contributed by atoms with van der Waals surface area (Å²) >= 11 is 0. The number of nitrogens with one attached hydrogen (secondary N) is 1. The molecular formula is C26H28F3N3O4. The van der Waals surface area contributed by atoms with Crippen LogP contribution in [0.3, 0.4) is 0 Å². The summed E-state index contributed by atoms with van der Waals surface area (Å²) in [4.78, 5) is 8.88. The van der Waals surface area contributed by atoms with Gasteiger partial charge in [-0.25, -0.2) is 9.97 Å². The van der Waals surface area contributed by atoms with Gasteiger partial charge >= 0.3 is 6.36 Å². The van der Waals surface area contributed by atoms with Crippen LogP contribution in [0.2, 0.25) is 0 Å². The van der Waals surface area contributed by atoms with Crippen molar-refractivity contribution >= 4 is 0 Å². The van der Waals surface area contributed by atoms with E-state index in [-0.39, 0.29) is 36.8 Å². The number of ether oxygens (including phenoxy) is 2. The number of nitrogens with zero attached hydrogens (tertiary/aromatic N) is 2. The van der Waals surface area contributed by atoms with Gasteiger partial charge in [-0.05, 0) is 54.7 Å². The van der Waals surface area contributed by atoms with Crippen LogP contribution in [-0.2, 0) is 19.6 Å². The number of halogens is 3. The molecule has 0 amide bonds. The Balaban J connectivity index is 1.38. The van der Waals surface area contributed by atoms with Crippen molar-refractivity contribution in [2.45, 2.75) is 44.5 Å². The Labute approximate surface area is 206 Å². The summed E-state index contributed by atoms with van der Waals surface area (Å²) < 4.78 is 46.8. The topological polar surface area (TPSA) is 96.7 Å². The number of para-hydroxylation sites is 1. The molecule has 1 heterocycles. The molecule has 1 aliphatic rings. The van der Waals surface area contributed by atoms with Crippen molar-refractivity contribution < 1.29 is 32.9 Å². The van der Waals surface area contributed by atoms with Gasteiger partial charge in [0.25, 0.3) is 0 Å². The van der Waals surface area contributed by atoms with Gasteiger partial charge in [0.1, 0.15) is 18.1 Å². The third kappa shape index (κ3) is 7.16. The molecule has 4 unspecified atom stereocenters. The Morgan fingerprint density at radius 2 is 1.72 bits per heavy atom. The van der Waals surface area contributed by atoms with Crippen LogP contribution in [0.25, 0.3) is 0 Å². The molecule has 3 N–H and O–H groups in total. The van der Waals surface area contributed by atoms with Gasteiger partial charge in [0.05, 0.1) is 6.10 Å². The number of aromatic nitrogens is 2. The third-order valence-electron chi connectivity index (χ3n) is 6.31. The summed E-state index contributed by atoms with van der Waals surface area (Å²) in [7, 11) is 0. The summed E-state index contributed by atoms with van der Waals surface area (Å²) in [6.07, 6.45) is -2.79. The van der Waals surface area contributed by atoms with Crippen molar-refractivity contribution in [1.29, 1.82) is 0 Å². The molecule has 0 saturated heterocycles. The third-order valence-corrected chi connectivity index (χ3v) is 6.31. The predicted molar refractivity (Wildman–Crippen MR) is 125 cm³/mol. The Bertz CT molecular complexity index is 1100. The molecule has 1 saturated carbocycles. The number of hydrogen-bond acceptors (Lipinski definition) is 7. The summed E-state index contributed by atoms with van der Waals surface area (Å²) in [5.41, 5.74) is 1.54. The van der Waals surface area contributed by atoms with Crippen molar-refractivity contribution in [3.05, 3.63) is 83.9 Å². The molecule has 10 heteroatoms. The normalized spacial score (nSPS) is 21.9. The van der Waals surface area contributed by atoms with Crippen LogP contribution in [0.1, 0.15) is 23.5 Å². The molecule has 36 heavy (non-hydrogen) atoms. The van der Waals surface area contributed by atoms with Crippen LogP contribution in [0.4, 0.5) is 13.2 Å². The zero-order valence-electron chi connectivity index (χ0n) is 19.4. The zero-order valence-corrected chi connectivity index (χ0v) is 19.4. The lowest BCUT2D eigenvalue weighted by atomic mass is 9.88. The summed E-state index contributed by atoms with van der Waals surface area (Å²) in [6.45, 7) is 0.436. The Kier molecular flexibility index (Phi) is 8.40. The number of benzene rings is 2. The summed E-state index contributed by atoms with van der Waals surface area (Å²) in [5, 5.41) is 23.9. The van der Waals surface area contributed by atoms with E-state index in [4.69, 9.17) is 4.74 Å². The maximum Gasteiger partial charge on any atom is 0.573 e. The zero-order chi connectivity index (χ0) is 25.5. The molecule has 1 fully saturated rings. The van der Waals surface area contributed by atoms with Crippen LogP contribution in [0, 0.1) is 11.8 Å². The lowest BCUT2D eigenvalue weighted by Crippen LogP contribution is -2.36. The van der Waals surface area contributed by atoms with E-state index < -0.39 is 12.5 Å². The van der Waals surface area contributed by atoms with E-state index >= 15 is 0 Å². The maximum atomic E-state index is 12.4. The Hall–Kier alpha value is -3.21. The molecule has 0 bridgehead atoms. The van der Waals surface area contributed by atoms with Crippen molar-refractivity contribution in [3.8, 4) is 11.5 Å². The molecule has 3 aromatic rings. The van der Waals surface area contributed by atoms with E-state index in [1.54, 1.807) is 18.3 Å². The number of hydrogen-bond donors (Lipinski definition) is 3. The quantitative estimate of drug-likeness (QED) is 0.389. The fraction of sp³-hybridized carbons (Fsp3) is 0.385. The smallest absolute Gasteiger partial charge is 0.486 e. The lowest BCUT2D eigenvalue weighted by Gasteiger charge is -2.25. The number of aliphatic hydroxyl groups is 2. The predicted octanol–water partition coefficient (Wildman–Crippen LogP) is 3.64. The molecule has 0 radical (unpaired) electrons. The van der Waals surface area contributed by atoms with Gasteiger partial charge in [-0.1, -0.05) is 30.3 Å². The monoisotopic (exact) mass is 503 g/mol. The minimum Gasteiger partial charge on any atom is -0.486 e. The first-order valence-corrected chi connectivity index (χ1v) is 11.7. The second-order valence-electron chi connectivity index (χ2n) is 8.76. The first-order chi connectivity index (χ1) is 17.3. The highest BCUT2D eigenvalue weighted by Gasteiger charge is 2.42. The van der Waals surface area contributed by atoms with Gasteiger partial charge in [0, 0.05) is 37.0 Å². The molecule has 4 rings (SSSR count). The number of rotatable bonds is 10.